The van der Waals surface area contributed by atoms with Crippen molar-refractivity contribution in [2.24, 2.45) is 0 Å². The van der Waals surface area contributed by atoms with Crippen LogP contribution >= 0.6 is 0 Å². The minimum absolute atomic E-state index is 0.0953. The number of piperazine rings is 1. The normalized spacial score (nSPS) is 15.8. The predicted octanol–water partition coefficient (Wildman–Crippen LogP) is 3.21. The zero-order valence-corrected chi connectivity index (χ0v) is 17.0. The predicted molar refractivity (Wildman–Crippen MR) is 108 cm³/mol. The topological polar surface area (TPSA) is 61.6 Å². The van der Waals surface area contributed by atoms with Gasteiger partial charge in [0.1, 0.15) is 5.76 Å². The Labute approximate surface area is 161 Å². The van der Waals surface area contributed by atoms with Crippen LogP contribution in [-0.4, -0.2) is 49.0 Å². The lowest BCUT2D eigenvalue weighted by Crippen LogP contribution is -2.44. The van der Waals surface area contributed by atoms with Gasteiger partial charge < -0.3 is 19.5 Å². The largest absolute Gasteiger partial charge is 0.444 e. The molecule has 1 fully saturated rings. The van der Waals surface area contributed by atoms with E-state index in [1.54, 1.807) is 0 Å². The number of benzene rings is 1. The zero-order valence-electron chi connectivity index (χ0n) is 17.0. The molecule has 2 heterocycles. The first kappa shape index (κ1) is 19.4. The van der Waals surface area contributed by atoms with Gasteiger partial charge >= 0.3 is 0 Å². The van der Waals surface area contributed by atoms with Crippen molar-refractivity contribution < 1.29 is 9.21 Å². The van der Waals surface area contributed by atoms with Crippen LogP contribution in [-0.2, 0) is 16.6 Å². The lowest BCUT2D eigenvalue weighted by atomic mass is 9.97. The van der Waals surface area contributed by atoms with Crippen LogP contribution in [0.1, 0.15) is 38.1 Å². The number of aryl methyl sites for hydroxylation is 1. The number of nitrogens with zero attached hydrogens (tertiary/aromatic N) is 3. The molecule has 3 rings (SSSR count). The monoisotopic (exact) mass is 370 g/mol. The van der Waals surface area contributed by atoms with Gasteiger partial charge in [-0.15, -0.1) is 0 Å². The number of hydrogen-bond acceptors (Lipinski definition) is 5. The Morgan fingerprint density at radius 1 is 1.15 bits per heavy atom. The van der Waals surface area contributed by atoms with E-state index in [9.17, 15) is 4.79 Å². The van der Waals surface area contributed by atoms with Gasteiger partial charge in [0.15, 0.2) is 5.89 Å². The highest BCUT2D eigenvalue weighted by molar-refractivity contribution is 5.92. The Hall–Kier alpha value is -2.34. The average molecular weight is 370 g/mol. The van der Waals surface area contributed by atoms with E-state index in [1.807, 2.05) is 39.8 Å². The van der Waals surface area contributed by atoms with E-state index < -0.39 is 0 Å². The van der Waals surface area contributed by atoms with Gasteiger partial charge in [-0.1, -0.05) is 20.8 Å². The Balaban J connectivity index is 1.59. The highest BCUT2D eigenvalue weighted by Gasteiger charge is 2.23. The Morgan fingerprint density at radius 3 is 2.33 bits per heavy atom. The second-order valence-corrected chi connectivity index (χ2v) is 8.34. The quantitative estimate of drug-likeness (QED) is 0.895. The van der Waals surface area contributed by atoms with Crippen molar-refractivity contribution in [3.8, 4) is 0 Å². The summed E-state index contributed by atoms with van der Waals surface area (Å²) in [6, 6.07) is 8.05. The van der Waals surface area contributed by atoms with Gasteiger partial charge in [-0.3, -0.25) is 4.79 Å². The number of hydrogen-bond donors (Lipinski definition) is 1. The first-order valence-electron chi connectivity index (χ1n) is 9.52. The summed E-state index contributed by atoms with van der Waals surface area (Å²) in [4.78, 5) is 21.6. The maximum atomic E-state index is 12.4. The summed E-state index contributed by atoms with van der Waals surface area (Å²) in [6.07, 6.45) is 0.190. The van der Waals surface area contributed by atoms with Gasteiger partial charge in [0.25, 0.3) is 0 Å². The van der Waals surface area contributed by atoms with Crippen LogP contribution in [0.5, 0.6) is 0 Å². The Morgan fingerprint density at radius 2 is 1.78 bits per heavy atom. The molecule has 1 aromatic heterocycles. The molecule has 1 amide bonds. The lowest BCUT2D eigenvalue weighted by Gasteiger charge is -2.34. The van der Waals surface area contributed by atoms with Crippen molar-refractivity contribution in [1.82, 2.24) is 9.88 Å². The molecule has 0 saturated carbocycles. The molecule has 1 aromatic carbocycles. The molecule has 0 aliphatic carbocycles. The van der Waals surface area contributed by atoms with E-state index in [2.05, 4.69) is 39.3 Å². The molecule has 0 atom stereocenters. The number of nitrogens with one attached hydrogen (secondary N) is 1. The number of carbonyl (C=O) groups excluding carboxylic acids is 1. The molecule has 0 spiro atoms. The third kappa shape index (κ3) is 4.89. The summed E-state index contributed by atoms with van der Waals surface area (Å²) in [6.45, 7) is 12.2. The summed E-state index contributed by atoms with van der Waals surface area (Å²) in [5.41, 5.74) is 2.60. The molecule has 6 nitrogen and oxygen atoms in total. The molecule has 1 saturated heterocycles. The lowest BCUT2D eigenvalue weighted by molar-refractivity contribution is -0.115. The number of oxazole rings is 1. The second kappa shape index (κ2) is 7.72. The fraction of sp³-hybridized carbons (Fsp3) is 0.524. The number of aromatic nitrogens is 1. The maximum absolute atomic E-state index is 12.4. The van der Waals surface area contributed by atoms with Crippen LogP contribution in [0.15, 0.2) is 28.7 Å². The van der Waals surface area contributed by atoms with E-state index in [1.165, 1.54) is 5.69 Å². The minimum Gasteiger partial charge on any atom is -0.444 e. The van der Waals surface area contributed by atoms with Crippen LogP contribution in [0.4, 0.5) is 11.4 Å². The maximum Gasteiger partial charge on any atom is 0.232 e. The van der Waals surface area contributed by atoms with E-state index in [0.29, 0.717) is 11.7 Å². The molecule has 1 aliphatic heterocycles. The molecular weight excluding hydrogens is 340 g/mol. The molecule has 0 radical (unpaired) electrons. The van der Waals surface area contributed by atoms with E-state index in [-0.39, 0.29) is 17.7 Å². The standard InChI is InChI=1S/C21H30N4O2/c1-15-18(27-20(22-15)21(2,3)4)14-19(26)23-16-6-8-17(9-7-16)25-12-10-24(5)11-13-25/h6-9H,10-14H2,1-5H3,(H,23,26). The summed E-state index contributed by atoms with van der Waals surface area (Å²) in [7, 11) is 2.15. The molecule has 2 aromatic rings. The van der Waals surface area contributed by atoms with Crippen molar-refractivity contribution in [2.75, 3.05) is 43.4 Å². The first-order valence-corrected chi connectivity index (χ1v) is 9.52. The Kier molecular flexibility index (Phi) is 5.56. The van der Waals surface area contributed by atoms with Gasteiger partial charge in [-0.05, 0) is 38.2 Å². The molecule has 1 aliphatic rings. The van der Waals surface area contributed by atoms with Gasteiger partial charge in [-0.2, -0.15) is 0 Å². The molecule has 0 unspecified atom stereocenters. The zero-order chi connectivity index (χ0) is 19.6. The van der Waals surface area contributed by atoms with Crippen molar-refractivity contribution in [2.45, 2.75) is 39.5 Å². The number of likely N-dealkylation sites (N-methyl/N-ethyl adjacent to an activating group) is 1. The molecule has 146 valence electrons. The SMILES string of the molecule is Cc1nc(C(C)(C)C)oc1CC(=O)Nc1ccc(N2CCN(C)CC2)cc1. The second-order valence-electron chi connectivity index (χ2n) is 8.34. The van der Waals surface area contributed by atoms with Crippen LogP contribution in [0.3, 0.4) is 0 Å². The molecular formula is C21H30N4O2. The van der Waals surface area contributed by atoms with Gasteiger partial charge in [0.2, 0.25) is 5.91 Å². The summed E-state index contributed by atoms with van der Waals surface area (Å²) in [5, 5.41) is 2.95. The smallest absolute Gasteiger partial charge is 0.232 e. The highest BCUT2D eigenvalue weighted by atomic mass is 16.4. The van der Waals surface area contributed by atoms with E-state index >= 15 is 0 Å². The van der Waals surface area contributed by atoms with Crippen LogP contribution < -0.4 is 10.2 Å². The van der Waals surface area contributed by atoms with Crippen LogP contribution in [0.2, 0.25) is 0 Å². The molecule has 6 heteroatoms. The van der Waals surface area contributed by atoms with E-state index in [4.69, 9.17) is 4.42 Å². The molecule has 0 bridgehead atoms. The van der Waals surface area contributed by atoms with Crippen molar-refractivity contribution in [3.63, 3.8) is 0 Å². The minimum atomic E-state index is -0.168. The van der Waals surface area contributed by atoms with Gasteiger partial charge in [-0.25, -0.2) is 4.98 Å². The average Bonchev–Trinajstić information content (AvgIpc) is 2.97. The van der Waals surface area contributed by atoms with E-state index in [0.717, 1.165) is 37.6 Å². The fourth-order valence-electron chi connectivity index (χ4n) is 3.08. The van der Waals surface area contributed by atoms with Gasteiger partial charge in [0.05, 0.1) is 12.1 Å². The van der Waals surface area contributed by atoms with Crippen LogP contribution in [0.25, 0.3) is 0 Å². The van der Waals surface area contributed by atoms with Crippen molar-refractivity contribution >= 4 is 17.3 Å². The highest BCUT2D eigenvalue weighted by Crippen LogP contribution is 2.24. The first-order chi connectivity index (χ1) is 12.7. The Bertz CT molecular complexity index is 782. The fourth-order valence-corrected chi connectivity index (χ4v) is 3.08. The third-order valence-corrected chi connectivity index (χ3v) is 4.87. The molecule has 27 heavy (non-hydrogen) atoms. The van der Waals surface area contributed by atoms with Crippen molar-refractivity contribution in [3.05, 3.63) is 41.6 Å². The summed E-state index contributed by atoms with van der Waals surface area (Å²) < 4.78 is 5.81. The number of amides is 1. The third-order valence-electron chi connectivity index (χ3n) is 4.87. The van der Waals surface area contributed by atoms with Crippen molar-refractivity contribution in [1.29, 1.82) is 0 Å². The number of rotatable bonds is 4. The summed E-state index contributed by atoms with van der Waals surface area (Å²) in [5.74, 6) is 1.20. The van der Waals surface area contributed by atoms with Gasteiger partial charge in [0, 0.05) is 43.0 Å². The molecule has 1 N–H and O–H groups in total. The number of anilines is 2. The van der Waals surface area contributed by atoms with Crippen LogP contribution in [0, 0.1) is 6.92 Å². The summed E-state index contributed by atoms with van der Waals surface area (Å²) >= 11 is 0. The number of carbonyl (C=O) groups is 1.